The van der Waals surface area contributed by atoms with Crippen LogP contribution < -0.4 is 0 Å². The van der Waals surface area contributed by atoms with Crippen molar-refractivity contribution in [1.82, 2.24) is 0 Å². The number of halogens is 1. The van der Waals surface area contributed by atoms with Crippen LogP contribution in [0.1, 0.15) is 18.1 Å². The first kappa shape index (κ1) is 11.2. The monoisotopic (exact) mass is 236 g/mol. The Labute approximate surface area is 99.5 Å². The first-order valence-corrected chi connectivity index (χ1v) is 5.45. The lowest BCUT2D eigenvalue weighted by Crippen LogP contribution is -2.23. The highest BCUT2D eigenvalue weighted by atomic mass is 35.5. The van der Waals surface area contributed by atoms with Crippen molar-refractivity contribution in [3.05, 3.63) is 59.0 Å². The number of hydrogen-bond donors (Lipinski definition) is 1. The van der Waals surface area contributed by atoms with E-state index in [0.717, 1.165) is 11.1 Å². The van der Waals surface area contributed by atoms with Gasteiger partial charge in [0, 0.05) is 17.0 Å². The topological polar surface area (TPSA) is 33.4 Å². The van der Waals surface area contributed by atoms with Gasteiger partial charge >= 0.3 is 0 Å². The van der Waals surface area contributed by atoms with Gasteiger partial charge in [0.25, 0.3) is 0 Å². The molecule has 0 fully saturated rings. The van der Waals surface area contributed by atoms with Crippen LogP contribution in [-0.2, 0) is 12.0 Å². The molecule has 0 bridgehead atoms. The Morgan fingerprint density at radius 2 is 1.94 bits per heavy atom. The van der Waals surface area contributed by atoms with Crippen molar-refractivity contribution in [1.29, 1.82) is 0 Å². The summed E-state index contributed by atoms with van der Waals surface area (Å²) < 4.78 is 4.98. The lowest BCUT2D eigenvalue weighted by Gasteiger charge is -2.21. The van der Waals surface area contributed by atoms with Gasteiger partial charge in [0.1, 0.15) is 0 Å². The van der Waals surface area contributed by atoms with Crippen molar-refractivity contribution in [3.63, 3.8) is 0 Å². The SMILES string of the molecule is CC(O)(Cc1ccc(Cl)cc1)c1ccoc1. The van der Waals surface area contributed by atoms with E-state index in [4.69, 9.17) is 16.0 Å². The summed E-state index contributed by atoms with van der Waals surface area (Å²) in [5.41, 5.74) is 0.902. The van der Waals surface area contributed by atoms with E-state index >= 15 is 0 Å². The number of rotatable bonds is 3. The van der Waals surface area contributed by atoms with Gasteiger partial charge in [-0.15, -0.1) is 0 Å². The average molecular weight is 237 g/mol. The maximum absolute atomic E-state index is 10.3. The van der Waals surface area contributed by atoms with Crippen LogP contribution in [0.3, 0.4) is 0 Å². The average Bonchev–Trinajstić information content (AvgIpc) is 2.75. The normalized spacial score (nSPS) is 14.7. The standard InChI is InChI=1S/C13H13ClO2/c1-13(15,11-6-7-16-9-11)8-10-2-4-12(14)5-3-10/h2-7,9,15H,8H2,1H3. The highest BCUT2D eigenvalue weighted by Crippen LogP contribution is 2.26. The van der Waals surface area contributed by atoms with Gasteiger partial charge in [0.2, 0.25) is 0 Å². The van der Waals surface area contributed by atoms with E-state index in [0.29, 0.717) is 11.4 Å². The highest BCUT2D eigenvalue weighted by molar-refractivity contribution is 6.30. The number of furan rings is 1. The molecule has 3 heteroatoms. The van der Waals surface area contributed by atoms with Crippen LogP contribution in [0.4, 0.5) is 0 Å². The molecule has 2 aromatic rings. The van der Waals surface area contributed by atoms with Gasteiger partial charge in [-0.05, 0) is 30.7 Å². The lowest BCUT2D eigenvalue weighted by atomic mass is 9.91. The first-order valence-electron chi connectivity index (χ1n) is 5.07. The fourth-order valence-electron chi connectivity index (χ4n) is 1.67. The summed E-state index contributed by atoms with van der Waals surface area (Å²) in [5, 5.41) is 11.0. The number of hydrogen-bond acceptors (Lipinski definition) is 2. The molecule has 2 nitrogen and oxygen atoms in total. The van der Waals surface area contributed by atoms with Crippen LogP contribution >= 0.6 is 11.6 Å². The summed E-state index contributed by atoms with van der Waals surface area (Å²) in [7, 11) is 0. The zero-order valence-electron chi connectivity index (χ0n) is 8.98. The molecule has 1 N–H and O–H groups in total. The van der Waals surface area contributed by atoms with E-state index in [1.165, 1.54) is 0 Å². The fraction of sp³-hybridized carbons (Fsp3) is 0.231. The van der Waals surface area contributed by atoms with Crippen LogP contribution in [0.5, 0.6) is 0 Å². The molecule has 1 atom stereocenters. The Balaban J connectivity index is 2.18. The summed E-state index contributed by atoms with van der Waals surface area (Å²) in [5.74, 6) is 0. The van der Waals surface area contributed by atoms with E-state index in [-0.39, 0.29) is 0 Å². The maximum Gasteiger partial charge on any atom is 0.0963 e. The molecular weight excluding hydrogens is 224 g/mol. The molecule has 16 heavy (non-hydrogen) atoms. The van der Waals surface area contributed by atoms with Crippen molar-refractivity contribution in [2.24, 2.45) is 0 Å². The third-order valence-electron chi connectivity index (χ3n) is 2.60. The van der Waals surface area contributed by atoms with Gasteiger partial charge in [0.05, 0.1) is 18.1 Å². The van der Waals surface area contributed by atoms with Gasteiger partial charge in [-0.3, -0.25) is 0 Å². The van der Waals surface area contributed by atoms with Crippen LogP contribution in [0.25, 0.3) is 0 Å². The van der Waals surface area contributed by atoms with Crippen LogP contribution in [-0.4, -0.2) is 5.11 Å². The van der Waals surface area contributed by atoms with Crippen LogP contribution in [0.15, 0.2) is 47.3 Å². The first-order chi connectivity index (χ1) is 7.58. The Morgan fingerprint density at radius 1 is 1.25 bits per heavy atom. The predicted molar refractivity (Wildman–Crippen MR) is 63.4 cm³/mol. The van der Waals surface area contributed by atoms with Crippen molar-refractivity contribution >= 4 is 11.6 Å². The molecule has 0 aliphatic heterocycles. The summed E-state index contributed by atoms with van der Waals surface area (Å²) >= 11 is 5.80. The molecule has 0 saturated heterocycles. The van der Waals surface area contributed by atoms with E-state index in [9.17, 15) is 5.11 Å². The smallest absolute Gasteiger partial charge is 0.0963 e. The summed E-state index contributed by atoms with van der Waals surface area (Å²) in [6.07, 6.45) is 3.66. The minimum Gasteiger partial charge on any atom is -0.472 e. The maximum atomic E-state index is 10.3. The summed E-state index contributed by atoms with van der Waals surface area (Å²) in [4.78, 5) is 0. The van der Waals surface area contributed by atoms with Crippen LogP contribution in [0.2, 0.25) is 5.02 Å². The third-order valence-corrected chi connectivity index (χ3v) is 2.86. The van der Waals surface area contributed by atoms with Gasteiger partial charge in [-0.25, -0.2) is 0 Å². The van der Waals surface area contributed by atoms with Crippen molar-refractivity contribution in [2.45, 2.75) is 18.9 Å². The third kappa shape index (κ3) is 2.46. The zero-order chi connectivity index (χ0) is 11.6. The molecule has 0 saturated carbocycles. The van der Waals surface area contributed by atoms with E-state index in [1.807, 2.05) is 24.3 Å². The molecule has 84 valence electrons. The Morgan fingerprint density at radius 3 is 2.50 bits per heavy atom. The van der Waals surface area contributed by atoms with Gasteiger partial charge in [0.15, 0.2) is 0 Å². The van der Waals surface area contributed by atoms with Gasteiger partial charge < -0.3 is 9.52 Å². The minimum absolute atomic E-state index is 0.531. The van der Waals surface area contributed by atoms with Gasteiger partial charge in [-0.2, -0.15) is 0 Å². The lowest BCUT2D eigenvalue weighted by molar-refractivity contribution is 0.0570. The Hall–Kier alpha value is -1.25. The second-order valence-corrected chi connectivity index (χ2v) is 4.53. The molecule has 1 heterocycles. The quantitative estimate of drug-likeness (QED) is 0.886. The number of benzene rings is 1. The summed E-state index contributed by atoms with van der Waals surface area (Å²) in [6, 6.07) is 9.24. The van der Waals surface area contributed by atoms with E-state index < -0.39 is 5.60 Å². The molecule has 0 radical (unpaired) electrons. The zero-order valence-corrected chi connectivity index (χ0v) is 9.74. The molecule has 0 spiro atoms. The largest absolute Gasteiger partial charge is 0.472 e. The van der Waals surface area contributed by atoms with E-state index in [2.05, 4.69) is 0 Å². The van der Waals surface area contributed by atoms with Crippen molar-refractivity contribution < 1.29 is 9.52 Å². The second-order valence-electron chi connectivity index (χ2n) is 4.09. The Bertz CT molecular complexity index is 443. The molecule has 0 aliphatic rings. The van der Waals surface area contributed by atoms with E-state index in [1.54, 1.807) is 25.5 Å². The second kappa shape index (κ2) is 4.32. The molecule has 2 rings (SSSR count). The van der Waals surface area contributed by atoms with Crippen LogP contribution in [0, 0.1) is 0 Å². The predicted octanol–water partition coefficient (Wildman–Crippen LogP) is 3.38. The highest BCUT2D eigenvalue weighted by Gasteiger charge is 2.24. The molecule has 0 aliphatic carbocycles. The van der Waals surface area contributed by atoms with Gasteiger partial charge in [-0.1, -0.05) is 23.7 Å². The number of aliphatic hydroxyl groups is 1. The molecule has 1 aromatic heterocycles. The molecule has 1 aromatic carbocycles. The molecular formula is C13H13ClO2. The fourth-order valence-corrected chi connectivity index (χ4v) is 1.80. The summed E-state index contributed by atoms with van der Waals surface area (Å²) in [6.45, 7) is 1.77. The van der Waals surface area contributed by atoms with Crippen molar-refractivity contribution in [3.8, 4) is 0 Å². The minimum atomic E-state index is -0.916. The Kier molecular flexibility index (Phi) is 3.03. The molecule has 1 unspecified atom stereocenters. The molecule has 0 amide bonds. The van der Waals surface area contributed by atoms with Crippen molar-refractivity contribution in [2.75, 3.05) is 0 Å².